The summed E-state index contributed by atoms with van der Waals surface area (Å²) >= 11 is 0. The first-order chi connectivity index (χ1) is 8.22. The Bertz CT molecular complexity index is 588. The number of carbonyl (C=O) groups excluding carboxylic acids is 1. The van der Waals surface area contributed by atoms with Crippen molar-refractivity contribution in [3.05, 3.63) is 53.8 Å². The second-order valence-electron chi connectivity index (χ2n) is 3.98. The van der Waals surface area contributed by atoms with Crippen LogP contribution in [-0.2, 0) is 11.2 Å². The molecule has 0 atom stereocenters. The number of ether oxygens (including phenoxy) is 1. The van der Waals surface area contributed by atoms with E-state index in [-0.39, 0.29) is 11.8 Å². The minimum Gasteiger partial charge on any atom is -0.426 e. The molecular formula is C14H9FO2. The molecule has 0 saturated heterocycles. The molecule has 0 bridgehead atoms. The minimum absolute atomic E-state index is 0.226. The average molecular weight is 228 g/mol. The van der Waals surface area contributed by atoms with Gasteiger partial charge in [-0.1, -0.05) is 24.3 Å². The Morgan fingerprint density at radius 2 is 1.71 bits per heavy atom. The van der Waals surface area contributed by atoms with Crippen molar-refractivity contribution < 1.29 is 13.9 Å². The van der Waals surface area contributed by atoms with Crippen LogP contribution in [0.4, 0.5) is 4.39 Å². The monoisotopic (exact) mass is 228 g/mol. The van der Waals surface area contributed by atoms with Crippen LogP contribution in [0.1, 0.15) is 5.56 Å². The number of esters is 1. The lowest BCUT2D eigenvalue weighted by Gasteiger charge is -2.03. The molecule has 1 aliphatic rings. The standard InChI is InChI=1S/C14H9FO2/c15-12-5-3-9(4-6-12)10-1-2-11-8-14(16)17-13(11)7-10/h1-7H,8H2. The third-order valence-electron chi connectivity index (χ3n) is 2.80. The minimum atomic E-state index is -0.263. The van der Waals surface area contributed by atoms with Crippen LogP contribution in [-0.4, -0.2) is 5.97 Å². The highest BCUT2D eigenvalue weighted by atomic mass is 19.1. The maximum Gasteiger partial charge on any atom is 0.315 e. The number of rotatable bonds is 1. The van der Waals surface area contributed by atoms with E-state index in [4.69, 9.17) is 4.74 Å². The summed E-state index contributed by atoms with van der Waals surface area (Å²) in [5.41, 5.74) is 2.72. The van der Waals surface area contributed by atoms with Crippen molar-refractivity contribution in [2.45, 2.75) is 6.42 Å². The quantitative estimate of drug-likeness (QED) is 0.554. The van der Waals surface area contributed by atoms with E-state index in [9.17, 15) is 9.18 Å². The molecule has 0 spiro atoms. The van der Waals surface area contributed by atoms with E-state index in [0.717, 1.165) is 16.7 Å². The lowest BCUT2D eigenvalue weighted by atomic mass is 10.0. The maximum atomic E-state index is 12.8. The van der Waals surface area contributed by atoms with E-state index in [1.165, 1.54) is 12.1 Å². The number of hydrogen-bond donors (Lipinski definition) is 0. The Hall–Kier alpha value is -2.16. The lowest BCUT2D eigenvalue weighted by Crippen LogP contribution is -2.00. The van der Waals surface area contributed by atoms with Gasteiger partial charge in [0, 0.05) is 5.56 Å². The number of fused-ring (bicyclic) bond motifs is 1. The molecular weight excluding hydrogens is 219 g/mol. The number of halogens is 1. The van der Waals surface area contributed by atoms with Crippen LogP contribution < -0.4 is 4.74 Å². The van der Waals surface area contributed by atoms with Crippen molar-refractivity contribution in [3.63, 3.8) is 0 Å². The van der Waals surface area contributed by atoms with Crippen LogP contribution in [0.5, 0.6) is 5.75 Å². The Morgan fingerprint density at radius 3 is 2.47 bits per heavy atom. The van der Waals surface area contributed by atoms with Gasteiger partial charge in [0.25, 0.3) is 0 Å². The van der Waals surface area contributed by atoms with Gasteiger partial charge in [-0.15, -0.1) is 0 Å². The number of hydrogen-bond acceptors (Lipinski definition) is 2. The summed E-state index contributed by atoms with van der Waals surface area (Å²) in [5.74, 6) is 0.120. The van der Waals surface area contributed by atoms with Gasteiger partial charge in [-0.25, -0.2) is 4.39 Å². The molecule has 2 nitrogen and oxygen atoms in total. The lowest BCUT2D eigenvalue weighted by molar-refractivity contribution is -0.131. The zero-order valence-electron chi connectivity index (χ0n) is 8.94. The Morgan fingerprint density at radius 1 is 1.00 bits per heavy atom. The SMILES string of the molecule is O=C1Cc2ccc(-c3ccc(F)cc3)cc2O1. The molecule has 0 aliphatic carbocycles. The van der Waals surface area contributed by atoms with Gasteiger partial charge < -0.3 is 4.74 Å². The second-order valence-corrected chi connectivity index (χ2v) is 3.98. The van der Waals surface area contributed by atoms with Gasteiger partial charge in [-0.3, -0.25) is 4.79 Å². The van der Waals surface area contributed by atoms with E-state index in [0.29, 0.717) is 12.2 Å². The van der Waals surface area contributed by atoms with Crippen LogP contribution in [0.15, 0.2) is 42.5 Å². The van der Waals surface area contributed by atoms with E-state index < -0.39 is 0 Å². The van der Waals surface area contributed by atoms with Crippen molar-refractivity contribution in [2.75, 3.05) is 0 Å². The average Bonchev–Trinajstić information content (AvgIpc) is 2.69. The molecule has 3 heteroatoms. The molecule has 0 fully saturated rings. The topological polar surface area (TPSA) is 26.3 Å². The van der Waals surface area contributed by atoms with E-state index in [1.807, 2.05) is 18.2 Å². The zero-order valence-corrected chi connectivity index (χ0v) is 8.94. The first-order valence-electron chi connectivity index (χ1n) is 5.32. The van der Waals surface area contributed by atoms with Crippen molar-refractivity contribution in [1.29, 1.82) is 0 Å². The van der Waals surface area contributed by atoms with Crippen molar-refractivity contribution in [2.24, 2.45) is 0 Å². The second kappa shape index (κ2) is 3.70. The summed E-state index contributed by atoms with van der Waals surface area (Å²) in [4.78, 5) is 11.1. The molecule has 84 valence electrons. The molecule has 0 saturated carbocycles. The summed E-state index contributed by atoms with van der Waals surface area (Å²) in [5, 5.41) is 0. The first-order valence-corrected chi connectivity index (χ1v) is 5.32. The smallest absolute Gasteiger partial charge is 0.315 e. The van der Waals surface area contributed by atoms with E-state index in [1.54, 1.807) is 12.1 Å². The molecule has 0 aromatic heterocycles. The first kappa shape index (κ1) is 10.0. The normalized spacial score (nSPS) is 13.4. The predicted molar refractivity (Wildman–Crippen MR) is 61.2 cm³/mol. The van der Waals surface area contributed by atoms with E-state index >= 15 is 0 Å². The fraction of sp³-hybridized carbons (Fsp3) is 0.0714. The summed E-state index contributed by atoms with van der Waals surface area (Å²) in [6.07, 6.45) is 0.332. The largest absolute Gasteiger partial charge is 0.426 e. The fourth-order valence-corrected chi connectivity index (χ4v) is 1.93. The van der Waals surface area contributed by atoms with E-state index in [2.05, 4.69) is 0 Å². The zero-order chi connectivity index (χ0) is 11.8. The van der Waals surface area contributed by atoms with Gasteiger partial charge in [0.2, 0.25) is 0 Å². The van der Waals surface area contributed by atoms with Crippen LogP contribution in [0, 0.1) is 5.82 Å². The number of benzene rings is 2. The molecule has 17 heavy (non-hydrogen) atoms. The molecule has 3 rings (SSSR count). The summed E-state index contributed by atoms with van der Waals surface area (Å²) < 4.78 is 17.9. The maximum absolute atomic E-state index is 12.8. The van der Waals surface area contributed by atoms with Gasteiger partial charge in [0.1, 0.15) is 11.6 Å². The summed E-state index contributed by atoms with van der Waals surface area (Å²) in [7, 11) is 0. The molecule has 0 unspecified atom stereocenters. The van der Waals surface area contributed by atoms with Gasteiger partial charge in [-0.2, -0.15) is 0 Å². The molecule has 0 amide bonds. The third-order valence-corrected chi connectivity index (χ3v) is 2.80. The van der Waals surface area contributed by atoms with Gasteiger partial charge >= 0.3 is 5.97 Å². The van der Waals surface area contributed by atoms with Crippen molar-refractivity contribution >= 4 is 5.97 Å². The molecule has 1 heterocycles. The Kier molecular flexibility index (Phi) is 2.18. The van der Waals surface area contributed by atoms with Crippen LogP contribution in [0.3, 0.4) is 0 Å². The summed E-state index contributed by atoms with van der Waals surface area (Å²) in [6.45, 7) is 0. The Labute approximate surface area is 97.7 Å². The van der Waals surface area contributed by atoms with Gasteiger partial charge in [-0.05, 0) is 29.3 Å². The summed E-state index contributed by atoms with van der Waals surface area (Å²) in [6, 6.07) is 11.8. The third kappa shape index (κ3) is 1.80. The number of carbonyl (C=O) groups is 1. The molecule has 0 radical (unpaired) electrons. The van der Waals surface area contributed by atoms with Crippen LogP contribution >= 0.6 is 0 Å². The fourth-order valence-electron chi connectivity index (χ4n) is 1.93. The highest BCUT2D eigenvalue weighted by Gasteiger charge is 2.20. The van der Waals surface area contributed by atoms with Gasteiger partial charge in [0.15, 0.2) is 0 Å². The van der Waals surface area contributed by atoms with Crippen LogP contribution in [0.25, 0.3) is 11.1 Å². The Balaban J connectivity index is 2.03. The molecule has 2 aromatic carbocycles. The van der Waals surface area contributed by atoms with Gasteiger partial charge in [0.05, 0.1) is 6.42 Å². The molecule has 1 aliphatic heterocycles. The molecule has 0 N–H and O–H groups in total. The highest BCUT2D eigenvalue weighted by Crippen LogP contribution is 2.31. The predicted octanol–water partition coefficient (Wildman–Crippen LogP) is 2.95. The highest BCUT2D eigenvalue weighted by molar-refractivity contribution is 5.82. The van der Waals surface area contributed by atoms with Crippen molar-refractivity contribution in [1.82, 2.24) is 0 Å². The molecule has 2 aromatic rings. The van der Waals surface area contributed by atoms with Crippen molar-refractivity contribution in [3.8, 4) is 16.9 Å². The van der Waals surface area contributed by atoms with Crippen LogP contribution in [0.2, 0.25) is 0 Å².